The van der Waals surface area contributed by atoms with Crippen molar-refractivity contribution in [3.63, 3.8) is 0 Å². The molecule has 1 aromatic heterocycles. The van der Waals surface area contributed by atoms with Crippen LogP contribution in [0.5, 0.6) is 0 Å². The van der Waals surface area contributed by atoms with Crippen LogP contribution >= 0.6 is 23.4 Å². The van der Waals surface area contributed by atoms with Gasteiger partial charge in [-0.05, 0) is 49.2 Å². The lowest BCUT2D eigenvalue weighted by Crippen LogP contribution is -2.37. The Balaban J connectivity index is 2.07. The van der Waals surface area contributed by atoms with Gasteiger partial charge < -0.3 is 10.1 Å². The Bertz CT molecular complexity index is 766. The van der Waals surface area contributed by atoms with Crippen molar-refractivity contribution in [2.45, 2.75) is 36.8 Å². The van der Waals surface area contributed by atoms with Crippen LogP contribution in [-0.2, 0) is 9.53 Å². The second-order valence-corrected chi connectivity index (χ2v) is 7.60. The zero-order chi connectivity index (χ0) is 19.1. The Labute approximate surface area is 162 Å². The molecule has 138 valence electrons. The number of nitrogens with zero attached hydrogens (tertiary/aromatic N) is 1. The van der Waals surface area contributed by atoms with Gasteiger partial charge >= 0.3 is 5.97 Å². The second kappa shape index (κ2) is 9.59. The first-order valence-corrected chi connectivity index (χ1v) is 9.43. The van der Waals surface area contributed by atoms with Crippen molar-refractivity contribution in [3.05, 3.63) is 53.2 Å². The van der Waals surface area contributed by atoms with E-state index in [0.29, 0.717) is 28.1 Å². The molecule has 7 heteroatoms. The monoisotopic (exact) mass is 392 g/mol. The van der Waals surface area contributed by atoms with Crippen LogP contribution in [0.3, 0.4) is 0 Å². The summed E-state index contributed by atoms with van der Waals surface area (Å²) in [6, 6.07) is 10.5. The molecular formula is C19H21ClN2O3S. The number of benzene rings is 1. The number of nitrogens with one attached hydrogen (secondary N) is 1. The van der Waals surface area contributed by atoms with Crippen molar-refractivity contribution >= 4 is 35.2 Å². The average Bonchev–Trinajstić information content (AvgIpc) is 2.61. The van der Waals surface area contributed by atoms with Crippen LogP contribution in [0.2, 0.25) is 5.02 Å². The SMILES string of the molecule is CC(C)CNC(=O)[C@H](C)OC(=O)c1cccnc1Sc1ccc(Cl)cc1. The number of pyridine rings is 1. The van der Waals surface area contributed by atoms with E-state index in [4.69, 9.17) is 16.3 Å². The molecule has 2 aromatic rings. The fourth-order valence-corrected chi connectivity index (χ4v) is 2.96. The molecule has 0 aliphatic carbocycles. The summed E-state index contributed by atoms with van der Waals surface area (Å²) in [6.45, 7) is 6.07. The van der Waals surface area contributed by atoms with Crippen molar-refractivity contribution in [2.24, 2.45) is 5.92 Å². The molecule has 0 saturated heterocycles. The molecule has 1 heterocycles. The van der Waals surface area contributed by atoms with Crippen molar-refractivity contribution in [1.82, 2.24) is 10.3 Å². The molecule has 0 aliphatic heterocycles. The Morgan fingerprint density at radius 1 is 1.19 bits per heavy atom. The maximum absolute atomic E-state index is 12.5. The molecule has 5 nitrogen and oxygen atoms in total. The second-order valence-electron chi connectivity index (χ2n) is 6.10. The minimum absolute atomic E-state index is 0.316. The number of ether oxygens (including phenoxy) is 1. The first-order chi connectivity index (χ1) is 12.4. The molecule has 0 spiro atoms. The third-order valence-corrected chi connectivity index (χ3v) is 4.64. The van der Waals surface area contributed by atoms with E-state index in [-0.39, 0.29) is 5.91 Å². The highest BCUT2D eigenvalue weighted by molar-refractivity contribution is 7.99. The summed E-state index contributed by atoms with van der Waals surface area (Å²) in [5.41, 5.74) is 0.316. The zero-order valence-electron chi connectivity index (χ0n) is 14.9. The molecule has 1 amide bonds. The molecule has 2 rings (SSSR count). The molecule has 0 fully saturated rings. The predicted octanol–water partition coefficient (Wildman–Crippen LogP) is 4.20. The summed E-state index contributed by atoms with van der Waals surface area (Å²) in [6.07, 6.45) is 0.725. The molecule has 0 bridgehead atoms. The lowest BCUT2D eigenvalue weighted by Gasteiger charge is -2.15. The highest BCUT2D eigenvalue weighted by Gasteiger charge is 2.21. The van der Waals surface area contributed by atoms with Crippen LogP contribution in [0.15, 0.2) is 52.5 Å². The summed E-state index contributed by atoms with van der Waals surface area (Å²) >= 11 is 7.22. The van der Waals surface area contributed by atoms with Crippen LogP contribution in [0.25, 0.3) is 0 Å². The third kappa shape index (κ3) is 6.04. The number of amides is 1. The number of rotatable bonds is 7. The Morgan fingerprint density at radius 3 is 2.54 bits per heavy atom. The molecular weight excluding hydrogens is 372 g/mol. The van der Waals surface area contributed by atoms with E-state index in [2.05, 4.69) is 10.3 Å². The number of carbonyl (C=O) groups is 2. The predicted molar refractivity (Wildman–Crippen MR) is 103 cm³/mol. The van der Waals surface area contributed by atoms with Gasteiger partial charge in [-0.15, -0.1) is 0 Å². The van der Waals surface area contributed by atoms with Gasteiger partial charge in [0, 0.05) is 22.7 Å². The topological polar surface area (TPSA) is 68.3 Å². The number of esters is 1. The summed E-state index contributed by atoms with van der Waals surface area (Å²) < 4.78 is 5.30. The highest BCUT2D eigenvalue weighted by atomic mass is 35.5. The molecule has 0 saturated carbocycles. The summed E-state index contributed by atoms with van der Waals surface area (Å²) in [4.78, 5) is 29.6. The minimum atomic E-state index is -0.880. The zero-order valence-corrected chi connectivity index (χ0v) is 16.4. The number of hydrogen-bond acceptors (Lipinski definition) is 5. The van der Waals surface area contributed by atoms with E-state index < -0.39 is 12.1 Å². The van der Waals surface area contributed by atoms with Crippen LogP contribution < -0.4 is 5.32 Å². The molecule has 0 aliphatic rings. The van der Waals surface area contributed by atoms with Gasteiger partial charge in [0.1, 0.15) is 5.03 Å². The fourth-order valence-electron chi connectivity index (χ4n) is 1.97. The normalized spacial score (nSPS) is 11.9. The van der Waals surface area contributed by atoms with Gasteiger partial charge in [-0.3, -0.25) is 4.79 Å². The molecule has 0 unspecified atom stereocenters. The van der Waals surface area contributed by atoms with Gasteiger partial charge in [0.15, 0.2) is 6.10 Å². The molecule has 26 heavy (non-hydrogen) atoms. The number of halogens is 1. The van der Waals surface area contributed by atoms with Gasteiger partial charge in [-0.2, -0.15) is 0 Å². The molecule has 1 atom stereocenters. The number of hydrogen-bond donors (Lipinski definition) is 1. The van der Waals surface area contributed by atoms with E-state index >= 15 is 0 Å². The van der Waals surface area contributed by atoms with E-state index in [9.17, 15) is 9.59 Å². The van der Waals surface area contributed by atoms with Gasteiger partial charge in [0.25, 0.3) is 5.91 Å². The van der Waals surface area contributed by atoms with E-state index in [0.717, 1.165) is 4.90 Å². The van der Waals surface area contributed by atoms with Crippen molar-refractivity contribution in [1.29, 1.82) is 0 Å². The number of carbonyl (C=O) groups excluding carboxylic acids is 2. The first-order valence-electron chi connectivity index (χ1n) is 8.24. The molecule has 0 radical (unpaired) electrons. The summed E-state index contributed by atoms with van der Waals surface area (Å²) in [5, 5.41) is 3.89. The molecule has 1 N–H and O–H groups in total. The van der Waals surface area contributed by atoms with Gasteiger partial charge in [0.05, 0.1) is 5.56 Å². The lowest BCUT2D eigenvalue weighted by atomic mass is 10.2. The largest absolute Gasteiger partial charge is 0.449 e. The van der Waals surface area contributed by atoms with E-state index in [1.165, 1.54) is 11.8 Å². The fraction of sp³-hybridized carbons (Fsp3) is 0.316. The van der Waals surface area contributed by atoms with Crippen molar-refractivity contribution in [2.75, 3.05) is 6.54 Å². The minimum Gasteiger partial charge on any atom is -0.449 e. The highest BCUT2D eigenvalue weighted by Crippen LogP contribution is 2.30. The van der Waals surface area contributed by atoms with E-state index in [1.807, 2.05) is 26.0 Å². The average molecular weight is 393 g/mol. The number of aromatic nitrogens is 1. The maximum atomic E-state index is 12.5. The van der Waals surface area contributed by atoms with Crippen molar-refractivity contribution in [3.8, 4) is 0 Å². The van der Waals surface area contributed by atoms with E-state index in [1.54, 1.807) is 37.4 Å². The lowest BCUT2D eigenvalue weighted by molar-refractivity contribution is -0.129. The third-order valence-electron chi connectivity index (χ3n) is 3.36. The van der Waals surface area contributed by atoms with Gasteiger partial charge in [-0.1, -0.05) is 37.2 Å². The van der Waals surface area contributed by atoms with Gasteiger partial charge in [-0.25, -0.2) is 9.78 Å². The summed E-state index contributed by atoms with van der Waals surface area (Å²) in [7, 11) is 0. The Morgan fingerprint density at radius 2 is 1.88 bits per heavy atom. The summed E-state index contributed by atoms with van der Waals surface area (Å²) in [5.74, 6) is -0.577. The Kier molecular flexibility index (Phi) is 7.48. The van der Waals surface area contributed by atoms with Crippen LogP contribution in [0.1, 0.15) is 31.1 Å². The van der Waals surface area contributed by atoms with Gasteiger partial charge in [0.2, 0.25) is 0 Å². The van der Waals surface area contributed by atoms with Crippen LogP contribution in [0.4, 0.5) is 0 Å². The quantitative estimate of drug-likeness (QED) is 0.715. The standard InChI is InChI=1S/C19H21ClN2O3S/c1-12(2)11-22-17(23)13(3)25-19(24)16-5-4-10-21-18(16)26-15-8-6-14(20)7-9-15/h4-10,12-13H,11H2,1-3H3,(H,22,23)/t13-/m0/s1. The molecule has 1 aromatic carbocycles. The first kappa shape index (κ1) is 20.3. The maximum Gasteiger partial charge on any atom is 0.341 e. The van der Waals surface area contributed by atoms with Crippen LogP contribution in [-0.4, -0.2) is 29.5 Å². The smallest absolute Gasteiger partial charge is 0.341 e. The van der Waals surface area contributed by atoms with Crippen LogP contribution in [0, 0.1) is 5.92 Å². The van der Waals surface area contributed by atoms with Crippen molar-refractivity contribution < 1.29 is 14.3 Å². The Hall–Kier alpha value is -2.05.